The Balaban J connectivity index is 2.32. The summed E-state index contributed by atoms with van der Waals surface area (Å²) in [5.41, 5.74) is 0. The Morgan fingerprint density at radius 3 is 2.00 bits per heavy atom. The van der Waals surface area contributed by atoms with E-state index in [0.29, 0.717) is 0 Å². The van der Waals surface area contributed by atoms with E-state index in [-0.39, 0.29) is 33.8 Å². The summed E-state index contributed by atoms with van der Waals surface area (Å²) in [5.74, 6) is 0. The molecule has 1 aliphatic rings. The molecule has 5 heavy (non-hydrogen) atoms. The molecule has 0 aliphatic carbocycles. The Kier molecular flexibility index (Phi) is 1.85. The normalized spacial score (nSPS) is 17.6. The summed E-state index contributed by atoms with van der Waals surface area (Å²) in [6, 6.07) is 0. The molecule has 0 bridgehead atoms. The van der Waals surface area contributed by atoms with Crippen LogP contribution in [0.4, 0.5) is 0 Å². The van der Waals surface area contributed by atoms with Gasteiger partial charge in [0.15, 0.2) is 0 Å². The van der Waals surface area contributed by atoms with Crippen LogP contribution in [-0.2, 0) is 0 Å². The second-order valence-corrected chi connectivity index (χ2v) is 4.31. The van der Waals surface area contributed by atoms with E-state index < -0.39 is 0 Å². The number of allylic oxidation sites excluding steroid dienone is 2. The molecule has 0 N–H and O–H groups in total. The Morgan fingerprint density at radius 1 is 1.20 bits per heavy atom. The van der Waals surface area contributed by atoms with E-state index in [1.54, 1.807) is 0 Å². The molecule has 0 saturated carbocycles. The molecule has 0 aromatic rings. The van der Waals surface area contributed by atoms with Crippen LogP contribution in [0.25, 0.3) is 0 Å². The third-order valence-electron chi connectivity index (χ3n) is 0.908. The van der Waals surface area contributed by atoms with E-state index in [1.807, 2.05) is 0 Å². The van der Waals surface area contributed by atoms with Crippen LogP contribution in [0.3, 0.4) is 0 Å². The third-order valence-corrected chi connectivity index (χ3v) is 3.22. The molecule has 0 fully saturated rings. The summed E-state index contributed by atoms with van der Waals surface area (Å²) < 4.78 is 3.01. The fourth-order valence-electron chi connectivity index (χ4n) is 0.589. The summed E-state index contributed by atoms with van der Waals surface area (Å²) in [5, 5.41) is 0. The zero-order chi connectivity index (χ0) is 3.54. The van der Waals surface area contributed by atoms with Crippen LogP contribution >= 0.6 is 0 Å². The molecule has 0 nitrogen and oxygen atoms in total. The Bertz CT molecular complexity index is 41.6. The van der Waals surface area contributed by atoms with Gasteiger partial charge in [-0.15, -0.1) is 0 Å². The van der Waals surface area contributed by atoms with Crippen molar-refractivity contribution in [2.75, 3.05) is 0 Å². The van der Waals surface area contributed by atoms with Crippen molar-refractivity contribution < 1.29 is 0 Å². The molecule has 0 aromatic heterocycles. The minimum absolute atomic E-state index is 0.0972. The molecular weight excluding hydrogens is 88.1 g/mol. The second kappa shape index (κ2) is 2.22. The molecule has 24 valence electrons. The van der Waals surface area contributed by atoms with Crippen molar-refractivity contribution in [2.24, 2.45) is 0 Å². The van der Waals surface area contributed by atoms with E-state index in [9.17, 15) is 0 Å². The van der Waals surface area contributed by atoms with Gasteiger partial charge in [0.05, 0.1) is 0 Å². The van der Waals surface area contributed by atoms with E-state index in [4.69, 9.17) is 0 Å². The predicted octanol–water partition coefficient (Wildman–Crippen LogP) is 1.10. The van der Waals surface area contributed by atoms with Crippen LogP contribution in [0.15, 0.2) is 12.2 Å². The first-order valence-electron chi connectivity index (χ1n) is 2.15. The van der Waals surface area contributed by atoms with E-state index >= 15 is 0 Å². The number of rotatable bonds is 0. The fourth-order valence-corrected chi connectivity index (χ4v) is 2.43. The minimum atomic E-state index is 0.0972. The molecule has 0 amide bonds. The molecular formula is C4H6Ca. The van der Waals surface area contributed by atoms with Crippen LogP contribution in [0.5, 0.6) is 0 Å². The van der Waals surface area contributed by atoms with Crippen molar-refractivity contribution in [1.29, 1.82) is 0 Å². The fraction of sp³-hybridized carbons (Fsp3) is 0.500. The quantitative estimate of drug-likeness (QED) is 0.311. The van der Waals surface area contributed by atoms with Gasteiger partial charge < -0.3 is 0 Å². The Morgan fingerprint density at radius 2 is 1.80 bits per heavy atom. The zero-order valence-corrected chi connectivity index (χ0v) is 5.48. The molecule has 1 heteroatoms. The van der Waals surface area contributed by atoms with Gasteiger partial charge in [-0.1, -0.05) is 0 Å². The van der Waals surface area contributed by atoms with E-state index in [2.05, 4.69) is 12.2 Å². The van der Waals surface area contributed by atoms with Crippen molar-refractivity contribution in [3.8, 4) is 0 Å². The van der Waals surface area contributed by atoms with Crippen LogP contribution in [0, 0.1) is 0 Å². The summed E-state index contributed by atoms with van der Waals surface area (Å²) in [4.78, 5) is 0. The van der Waals surface area contributed by atoms with Gasteiger partial charge in [-0.05, 0) is 0 Å². The van der Waals surface area contributed by atoms with Crippen LogP contribution in [-0.4, -0.2) is 33.8 Å². The first-order chi connectivity index (χ1) is 2.50. The average molecular weight is 94.2 g/mol. The predicted molar refractivity (Wildman–Crippen MR) is 24.5 cm³/mol. The molecule has 0 radical (unpaired) electrons. The maximum absolute atomic E-state index is 2.32. The summed E-state index contributed by atoms with van der Waals surface area (Å²) in [6.07, 6.45) is 4.64. The third kappa shape index (κ3) is 1.25. The first kappa shape index (κ1) is 4.17. The van der Waals surface area contributed by atoms with Gasteiger partial charge in [0, 0.05) is 0 Å². The first-order valence-corrected chi connectivity index (χ1v) is 5.27. The molecule has 0 spiro atoms. The molecule has 0 aromatic carbocycles. The zero-order valence-electron chi connectivity index (χ0n) is 3.28. The number of hydrogen-bond acceptors (Lipinski definition) is 0. The van der Waals surface area contributed by atoms with Gasteiger partial charge >= 0.3 is 51.0 Å². The van der Waals surface area contributed by atoms with Gasteiger partial charge in [0.25, 0.3) is 0 Å². The molecule has 0 saturated heterocycles. The van der Waals surface area contributed by atoms with Crippen LogP contribution in [0.1, 0.15) is 0 Å². The maximum atomic E-state index is 2.32. The summed E-state index contributed by atoms with van der Waals surface area (Å²) >= 11 is 0.0972. The van der Waals surface area contributed by atoms with Gasteiger partial charge in [-0.2, -0.15) is 0 Å². The van der Waals surface area contributed by atoms with Gasteiger partial charge in [-0.3, -0.25) is 0 Å². The van der Waals surface area contributed by atoms with E-state index in [1.165, 1.54) is 5.04 Å². The second-order valence-electron chi connectivity index (χ2n) is 1.40. The molecule has 1 aliphatic heterocycles. The van der Waals surface area contributed by atoms with Crippen molar-refractivity contribution in [3.05, 3.63) is 12.2 Å². The number of hydrogen-bond donors (Lipinski definition) is 0. The van der Waals surface area contributed by atoms with Gasteiger partial charge in [-0.25, -0.2) is 0 Å². The Labute approximate surface area is 50.5 Å². The van der Waals surface area contributed by atoms with Crippen LogP contribution < -0.4 is 0 Å². The van der Waals surface area contributed by atoms with Gasteiger partial charge in [0.2, 0.25) is 0 Å². The Hall–Kier alpha value is 1.000. The van der Waals surface area contributed by atoms with E-state index in [0.717, 1.165) is 0 Å². The average Bonchev–Trinajstić information content (AvgIpc) is 1.76. The van der Waals surface area contributed by atoms with Crippen molar-refractivity contribution in [1.82, 2.24) is 0 Å². The van der Waals surface area contributed by atoms with Crippen LogP contribution in [0.2, 0.25) is 5.04 Å². The SMILES string of the molecule is C1=C[CH2][Ca][CH2]1. The van der Waals surface area contributed by atoms with Crippen molar-refractivity contribution in [3.63, 3.8) is 0 Å². The topological polar surface area (TPSA) is 0 Å². The molecule has 0 unspecified atom stereocenters. The monoisotopic (exact) mass is 94.0 g/mol. The summed E-state index contributed by atoms with van der Waals surface area (Å²) in [7, 11) is 0. The van der Waals surface area contributed by atoms with Crippen molar-refractivity contribution >= 4 is 33.8 Å². The van der Waals surface area contributed by atoms with Gasteiger partial charge in [0.1, 0.15) is 0 Å². The molecule has 0 atom stereocenters. The molecule has 1 heterocycles. The standard InChI is InChI=1S/C4H6.Ca/c1-3-4-2;/h3-4H,1-2H2;. The van der Waals surface area contributed by atoms with Crippen molar-refractivity contribution in [2.45, 2.75) is 5.04 Å². The molecule has 1 rings (SSSR count). The summed E-state index contributed by atoms with van der Waals surface area (Å²) in [6.45, 7) is 0.